The van der Waals surface area contributed by atoms with Gasteiger partial charge in [-0.05, 0) is 76.8 Å². The lowest BCUT2D eigenvalue weighted by Gasteiger charge is -2.32. The summed E-state index contributed by atoms with van der Waals surface area (Å²) in [6.07, 6.45) is 0. The summed E-state index contributed by atoms with van der Waals surface area (Å²) in [5.41, 5.74) is 3.92. The second-order valence-corrected chi connectivity index (χ2v) is 10.1. The van der Waals surface area contributed by atoms with E-state index in [2.05, 4.69) is 24.8 Å². The summed E-state index contributed by atoms with van der Waals surface area (Å²) < 4.78 is 18.0. The third kappa shape index (κ3) is 4.57. The van der Waals surface area contributed by atoms with Gasteiger partial charge in [-0.25, -0.2) is 0 Å². The van der Waals surface area contributed by atoms with Crippen LogP contribution >= 0.6 is 0 Å². The Balaban J connectivity index is 1.73. The number of amides is 1. The quantitative estimate of drug-likeness (QED) is 0.442. The number of esters is 1. The van der Waals surface area contributed by atoms with Crippen molar-refractivity contribution < 1.29 is 23.6 Å². The van der Waals surface area contributed by atoms with Crippen LogP contribution < -0.4 is 15.3 Å². The van der Waals surface area contributed by atoms with Crippen molar-refractivity contribution in [1.82, 2.24) is 0 Å². The van der Waals surface area contributed by atoms with Gasteiger partial charge in [0, 0.05) is 36.8 Å². The van der Waals surface area contributed by atoms with Crippen LogP contribution in [0.4, 0.5) is 11.4 Å². The maximum atomic E-state index is 13.5. The number of benzene rings is 2. The molecule has 0 atom stereocenters. The zero-order valence-electron chi connectivity index (χ0n) is 21.8. The van der Waals surface area contributed by atoms with E-state index < -0.39 is 18.3 Å². The van der Waals surface area contributed by atoms with Crippen LogP contribution in [0.2, 0.25) is 0 Å². The monoisotopic (exact) mass is 478 g/mol. The Bertz CT molecular complexity index is 1130. The molecule has 4 rings (SSSR count). The van der Waals surface area contributed by atoms with Gasteiger partial charge in [0.15, 0.2) is 0 Å². The van der Waals surface area contributed by atoms with Gasteiger partial charge in [-0.1, -0.05) is 12.1 Å². The van der Waals surface area contributed by atoms with Gasteiger partial charge in [-0.2, -0.15) is 0 Å². The van der Waals surface area contributed by atoms with Crippen molar-refractivity contribution in [3.05, 3.63) is 53.1 Å². The zero-order valence-corrected chi connectivity index (χ0v) is 21.8. The fraction of sp³-hybridized carbons (Fsp3) is 0.481. The highest BCUT2D eigenvalue weighted by Crippen LogP contribution is 2.38. The molecule has 0 unspecified atom stereocenters. The number of fused-ring (bicyclic) bond motifs is 1. The number of carbonyl (C=O) groups is 2. The molecule has 2 aromatic rings. The molecule has 0 aliphatic carbocycles. The number of hydrogen-bond donors (Lipinski definition) is 0. The average molecular weight is 478 g/mol. The van der Waals surface area contributed by atoms with Gasteiger partial charge >= 0.3 is 13.1 Å². The Morgan fingerprint density at radius 3 is 2.34 bits per heavy atom. The first kappa shape index (κ1) is 25.3. The van der Waals surface area contributed by atoms with E-state index in [0.29, 0.717) is 23.4 Å². The van der Waals surface area contributed by atoms with Crippen molar-refractivity contribution in [1.29, 1.82) is 0 Å². The molecule has 2 aromatic carbocycles. The molecule has 35 heavy (non-hydrogen) atoms. The highest BCUT2D eigenvalue weighted by molar-refractivity contribution is 6.62. The molecular weight excluding hydrogens is 443 g/mol. The van der Waals surface area contributed by atoms with Gasteiger partial charge < -0.3 is 23.8 Å². The zero-order chi connectivity index (χ0) is 25.5. The predicted molar refractivity (Wildman–Crippen MR) is 138 cm³/mol. The van der Waals surface area contributed by atoms with Gasteiger partial charge in [-0.3, -0.25) is 9.59 Å². The van der Waals surface area contributed by atoms with Crippen LogP contribution in [-0.4, -0.2) is 43.3 Å². The molecular formula is C27H35BN2O5. The third-order valence-corrected chi connectivity index (χ3v) is 7.43. The van der Waals surface area contributed by atoms with Gasteiger partial charge in [0.05, 0.1) is 23.4 Å². The fourth-order valence-electron chi connectivity index (χ4n) is 4.65. The Kier molecular flexibility index (Phi) is 6.73. The molecule has 0 bridgehead atoms. The van der Waals surface area contributed by atoms with E-state index in [1.807, 2.05) is 58.0 Å². The van der Waals surface area contributed by atoms with Crippen LogP contribution in [0.25, 0.3) is 0 Å². The lowest BCUT2D eigenvalue weighted by atomic mass is 9.75. The minimum atomic E-state index is -0.639. The van der Waals surface area contributed by atoms with Crippen LogP contribution in [0.3, 0.4) is 0 Å². The molecule has 1 amide bonds. The van der Waals surface area contributed by atoms with Crippen LogP contribution in [0.15, 0.2) is 36.4 Å². The Morgan fingerprint density at radius 2 is 1.74 bits per heavy atom. The average Bonchev–Trinajstić information content (AvgIpc) is 3.24. The second kappa shape index (κ2) is 9.32. The fourth-order valence-corrected chi connectivity index (χ4v) is 4.65. The molecule has 0 radical (unpaired) electrons. The highest BCUT2D eigenvalue weighted by Gasteiger charge is 2.52. The summed E-state index contributed by atoms with van der Waals surface area (Å²) in [5.74, 6) is -0.458. The predicted octanol–water partition coefficient (Wildman–Crippen LogP) is 4.06. The van der Waals surface area contributed by atoms with E-state index in [-0.39, 0.29) is 18.5 Å². The number of anilines is 2. The first-order valence-electron chi connectivity index (χ1n) is 12.3. The van der Waals surface area contributed by atoms with Crippen molar-refractivity contribution in [2.24, 2.45) is 0 Å². The van der Waals surface area contributed by atoms with E-state index in [1.54, 1.807) is 4.90 Å². The molecule has 7 nitrogen and oxygen atoms in total. The van der Waals surface area contributed by atoms with E-state index in [9.17, 15) is 9.59 Å². The van der Waals surface area contributed by atoms with Gasteiger partial charge in [0.25, 0.3) is 5.91 Å². The smallest absolute Gasteiger partial charge is 0.461 e. The maximum absolute atomic E-state index is 13.5. The van der Waals surface area contributed by atoms with Gasteiger partial charge in [-0.15, -0.1) is 0 Å². The molecule has 8 heteroatoms. The first-order chi connectivity index (χ1) is 16.5. The van der Waals surface area contributed by atoms with E-state index in [0.717, 1.165) is 29.8 Å². The van der Waals surface area contributed by atoms with E-state index in [4.69, 9.17) is 14.0 Å². The van der Waals surface area contributed by atoms with Crippen molar-refractivity contribution in [2.75, 3.05) is 22.9 Å². The highest BCUT2D eigenvalue weighted by atomic mass is 16.7. The normalized spacial score (nSPS) is 18.1. The van der Waals surface area contributed by atoms with E-state index >= 15 is 0 Å². The Morgan fingerprint density at radius 1 is 1.09 bits per heavy atom. The minimum Gasteiger partial charge on any atom is -0.461 e. The molecule has 0 spiro atoms. The number of hydrogen-bond acceptors (Lipinski definition) is 6. The van der Waals surface area contributed by atoms with Crippen molar-refractivity contribution in [3.63, 3.8) is 0 Å². The first-order valence-corrected chi connectivity index (χ1v) is 12.3. The largest absolute Gasteiger partial charge is 0.495 e. The van der Waals surface area contributed by atoms with E-state index in [1.165, 1.54) is 6.92 Å². The topological polar surface area (TPSA) is 68.3 Å². The van der Waals surface area contributed by atoms with Crippen molar-refractivity contribution >= 4 is 35.8 Å². The number of nitrogens with zero attached hydrogens (tertiary/aromatic N) is 2. The molecule has 2 aliphatic rings. The second-order valence-electron chi connectivity index (χ2n) is 10.1. The summed E-state index contributed by atoms with van der Waals surface area (Å²) in [6.45, 7) is 15.9. The standard InChI is InChI=1S/C27H35BN2O5/c1-8-29(9-2)20-13-14-21-19(15-20)16-30(25(21)32)24-12-10-11-23(22(24)17-33-18(3)31)28-34-26(4,5)27(6,7)35-28/h10-15H,8-9,16-17H2,1-7H3. The number of carbonyl (C=O) groups excluding carboxylic acids is 2. The maximum Gasteiger partial charge on any atom is 0.495 e. The van der Waals surface area contributed by atoms with Gasteiger partial charge in [0.2, 0.25) is 0 Å². The number of ether oxygens (including phenoxy) is 1. The minimum absolute atomic E-state index is 0.0236. The third-order valence-electron chi connectivity index (χ3n) is 7.43. The Labute approximate surface area is 208 Å². The SMILES string of the molecule is CCN(CC)c1ccc2c(c1)CN(c1cccc(B3OC(C)(C)C(C)(C)O3)c1COC(C)=O)C2=O. The molecule has 0 N–H and O–H groups in total. The lowest BCUT2D eigenvalue weighted by molar-refractivity contribution is -0.142. The number of rotatable bonds is 7. The Hall–Kier alpha value is -2.84. The van der Waals surface area contributed by atoms with Crippen LogP contribution in [-0.2, 0) is 32.0 Å². The van der Waals surface area contributed by atoms with Crippen molar-refractivity contribution in [3.8, 4) is 0 Å². The van der Waals surface area contributed by atoms with Gasteiger partial charge in [0.1, 0.15) is 6.61 Å². The van der Waals surface area contributed by atoms with Crippen LogP contribution in [0.1, 0.15) is 70.0 Å². The van der Waals surface area contributed by atoms with Crippen LogP contribution in [0, 0.1) is 0 Å². The summed E-state index contributed by atoms with van der Waals surface area (Å²) in [5, 5.41) is 0. The summed E-state index contributed by atoms with van der Waals surface area (Å²) in [4.78, 5) is 29.2. The summed E-state index contributed by atoms with van der Waals surface area (Å²) >= 11 is 0. The molecule has 1 fully saturated rings. The van der Waals surface area contributed by atoms with Crippen LogP contribution in [0.5, 0.6) is 0 Å². The molecule has 0 saturated carbocycles. The molecule has 2 heterocycles. The molecule has 1 saturated heterocycles. The molecule has 2 aliphatic heterocycles. The summed E-state index contributed by atoms with van der Waals surface area (Å²) in [6, 6.07) is 11.7. The summed E-state index contributed by atoms with van der Waals surface area (Å²) in [7, 11) is -0.639. The lowest BCUT2D eigenvalue weighted by Crippen LogP contribution is -2.41. The molecule has 0 aromatic heterocycles. The molecule has 186 valence electrons. The van der Waals surface area contributed by atoms with Crippen molar-refractivity contribution in [2.45, 2.75) is 72.8 Å².